The summed E-state index contributed by atoms with van der Waals surface area (Å²) in [6.45, 7) is 0.880. The van der Waals surface area contributed by atoms with E-state index in [9.17, 15) is 9.59 Å². The van der Waals surface area contributed by atoms with Gasteiger partial charge in [0.25, 0.3) is 0 Å². The lowest BCUT2D eigenvalue weighted by Crippen LogP contribution is -2.28. The summed E-state index contributed by atoms with van der Waals surface area (Å²) >= 11 is 0. The lowest BCUT2D eigenvalue weighted by atomic mass is 10.1. The number of hydrogen-bond donors (Lipinski definition) is 2. The summed E-state index contributed by atoms with van der Waals surface area (Å²) < 4.78 is 5.33. The third-order valence-corrected chi connectivity index (χ3v) is 4.88. The van der Waals surface area contributed by atoms with Crippen LogP contribution in [0.5, 0.6) is 5.75 Å². The average Bonchev–Trinajstić information content (AvgIpc) is 3.35. The van der Waals surface area contributed by atoms with Gasteiger partial charge in [0.1, 0.15) is 5.75 Å². The molecule has 2 amide bonds. The maximum atomic E-state index is 12.6. The molecule has 2 N–H and O–H groups in total. The second kappa shape index (κ2) is 8.14. The van der Waals surface area contributed by atoms with Crippen molar-refractivity contribution in [2.75, 3.05) is 19.0 Å². The van der Waals surface area contributed by atoms with E-state index in [0.717, 1.165) is 11.1 Å². The molecule has 1 aliphatic rings. The highest BCUT2D eigenvalue weighted by Gasteiger charge is 2.34. The second-order valence-corrected chi connectivity index (χ2v) is 6.86. The highest BCUT2D eigenvalue weighted by Crippen LogP contribution is 2.27. The lowest BCUT2D eigenvalue weighted by Gasteiger charge is -2.16. The van der Waals surface area contributed by atoms with Crippen molar-refractivity contribution in [2.45, 2.75) is 13.0 Å². The highest BCUT2D eigenvalue weighted by atomic mass is 16.5. The quantitative estimate of drug-likeness (QED) is 0.672. The number of para-hydroxylation sites is 1. The lowest BCUT2D eigenvalue weighted by molar-refractivity contribution is -0.128. The number of rotatable bonds is 6. The van der Waals surface area contributed by atoms with Gasteiger partial charge in [-0.1, -0.05) is 42.5 Å². The van der Waals surface area contributed by atoms with Gasteiger partial charge in [0, 0.05) is 19.5 Å². The predicted octanol–water partition coefficient (Wildman–Crippen LogP) is 2.47. The van der Waals surface area contributed by atoms with Crippen LogP contribution in [-0.2, 0) is 16.1 Å². The maximum Gasteiger partial charge on any atom is 0.249 e. The number of ether oxygens (including phenoxy) is 1. The van der Waals surface area contributed by atoms with Crippen molar-refractivity contribution in [3.8, 4) is 17.1 Å². The van der Waals surface area contributed by atoms with Crippen LogP contribution in [0.15, 0.2) is 54.6 Å². The maximum absolute atomic E-state index is 12.6. The third-order valence-electron chi connectivity index (χ3n) is 4.88. The summed E-state index contributed by atoms with van der Waals surface area (Å²) in [5, 5.41) is 9.58. The first-order valence-electron chi connectivity index (χ1n) is 9.32. The molecule has 1 aliphatic heterocycles. The number of likely N-dealkylation sites (tertiary alicyclic amines) is 1. The van der Waals surface area contributed by atoms with Crippen molar-refractivity contribution in [2.24, 2.45) is 5.92 Å². The Hall–Kier alpha value is -3.68. The Morgan fingerprint density at radius 2 is 1.97 bits per heavy atom. The first-order valence-corrected chi connectivity index (χ1v) is 9.32. The molecular formula is C21H21N5O3. The molecule has 29 heavy (non-hydrogen) atoms. The minimum absolute atomic E-state index is 0.0290. The predicted molar refractivity (Wildman–Crippen MR) is 107 cm³/mol. The van der Waals surface area contributed by atoms with Gasteiger partial charge in [0.2, 0.25) is 17.8 Å². The zero-order valence-corrected chi connectivity index (χ0v) is 16.0. The average molecular weight is 391 g/mol. The molecule has 148 valence electrons. The van der Waals surface area contributed by atoms with E-state index in [1.165, 1.54) is 0 Å². The van der Waals surface area contributed by atoms with Crippen molar-refractivity contribution < 1.29 is 14.3 Å². The molecule has 8 nitrogen and oxygen atoms in total. The number of H-pyrrole nitrogens is 1. The molecule has 2 aromatic carbocycles. The zero-order chi connectivity index (χ0) is 20.2. The van der Waals surface area contributed by atoms with Crippen LogP contribution in [-0.4, -0.2) is 45.6 Å². The number of hydrogen-bond acceptors (Lipinski definition) is 5. The Morgan fingerprint density at radius 1 is 1.21 bits per heavy atom. The van der Waals surface area contributed by atoms with Gasteiger partial charge in [-0.15, -0.1) is 5.10 Å². The number of aromatic nitrogens is 3. The zero-order valence-electron chi connectivity index (χ0n) is 16.0. The minimum Gasteiger partial charge on any atom is -0.496 e. The summed E-state index contributed by atoms with van der Waals surface area (Å²) in [6.07, 6.45) is 0.183. The standard InChI is InChI=1S/C21H21N5O3/c1-29-17-10-6-5-9-16(17)19-22-21(25-24-19)23-20(28)15-11-18(27)26(13-15)12-14-7-3-2-4-8-14/h2-10,15H,11-13H2,1H3,(H2,22,23,24,25,28). The largest absolute Gasteiger partial charge is 0.496 e. The molecule has 1 saturated heterocycles. The molecule has 3 aromatic rings. The first kappa shape index (κ1) is 18.7. The van der Waals surface area contributed by atoms with Crippen LogP contribution in [0.4, 0.5) is 5.95 Å². The van der Waals surface area contributed by atoms with Crippen LogP contribution in [0.3, 0.4) is 0 Å². The van der Waals surface area contributed by atoms with Crippen LogP contribution in [0.1, 0.15) is 12.0 Å². The van der Waals surface area contributed by atoms with E-state index >= 15 is 0 Å². The Bertz CT molecular complexity index is 1020. The van der Waals surface area contributed by atoms with Gasteiger partial charge in [-0.05, 0) is 17.7 Å². The van der Waals surface area contributed by atoms with E-state index in [1.54, 1.807) is 12.0 Å². The number of anilines is 1. The number of nitrogens with one attached hydrogen (secondary N) is 2. The van der Waals surface area contributed by atoms with Crippen molar-refractivity contribution in [1.29, 1.82) is 0 Å². The van der Waals surface area contributed by atoms with Gasteiger partial charge in [-0.2, -0.15) is 4.98 Å². The fourth-order valence-electron chi connectivity index (χ4n) is 3.40. The van der Waals surface area contributed by atoms with Crippen molar-refractivity contribution in [1.82, 2.24) is 20.1 Å². The smallest absolute Gasteiger partial charge is 0.249 e. The second-order valence-electron chi connectivity index (χ2n) is 6.86. The fraction of sp³-hybridized carbons (Fsp3) is 0.238. The van der Waals surface area contributed by atoms with E-state index in [2.05, 4.69) is 20.5 Å². The van der Waals surface area contributed by atoms with Crippen molar-refractivity contribution >= 4 is 17.8 Å². The molecule has 8 heteroatoms. The van der Waals surface area contributed by atoms with Crippen molar-refractivity contribution in [3.63, 3.8) is 0 Å². The molecule has 0 radical (unpaired) electrons. The Morgan fingerprint density at radius 3 is 2.76 bits per heavy atom. The Labute approximate surface area is 167 Å². The van der Waals surface area contributed by atoms with Gasteiger partial charge in [-0.25, -0.2) is 0 Å². The summed E-state index contributed by atoms with van der Waals surface area (Å²) in [5.74, 6) is 0.591. The summed E-state index contributed by atoms with van der Waals surface area (Å²) in [4.78, 5) is 31.0. The van der Waals surface area contributed by atoms with Gasteiger partial charge in [-0.3, -0.25) is 20.0 Å². The van der Waals surface area contributed by atoms with Gasteiger partial charge >= 0.3 is 0 Å². The number of carbonyl (C=O) groups is 2. The van der Waals surface area contributed by atoms with Crippen LogP contribution in [0.2, 0.25) is 0 Å². The number of carbonyl (C=O) groups excluding carboxylic acids is 2. The molecule has 2 heterocycles. The summed E-state index contributed by atoms with van der Waals surface area (Å²) in [6, 6.07) is 17.1. The molecule has 1 aromatic heterocycles. The molecule has 1 unspecified atom stereocenters. The van der Waals surface area contributed by atoms with E-state index in [0.29, 0.717) is 24.7 Å². The molecule has 1 fully saturated rings. The third kappa shape index (κ3) is 4.11. The number of benzene rings is 2. The normalized spacial score (nSPS) is 16.1. The number of methoxy groups -OCH3 is 1. The summed E-state index contributed by atoms with van der Waals surface area (Å²) in [5.41, 5.74) is 1.78. The molecule has 0 aliphatic carbocycles. The molecular weight excluding hydrogens is 370 g/mol. The SMILES string of the molecule is COc1ccccc1-c1nc(NC(=O)C2CC(=O)N(Cc3ccccc3)C2)n[nH]1. The van der Waals surface area contributed by atoms with Crippen LogP contribution in [0, 0.1) is 5.92 Å². The van der Waals surface area contributed by atoms with Crippen LogP contribution < -0.4 is 10.1 Å². The van der Waals surface area contributed by atoms with E-state index in [4.69, 9.17) is 4.74 Å². The van der Waals surface area contributed by atoms with Crippen LogP contribution in [0.25, 0.3) is 11.4 Å². The highest BCUT2D eigenvalue weighted by molar-refractivity contribution is 5.96. The molecule has 4 rings (SSSR count). The molecule has 0 saturated carbocycles. The first-order chi connectivity index (χ1) is 14.1. The topological polar surface area (TPSA) is 100 Å². The van der Waals surface area contributed by atoms with E-state index in [1.807, 2.05) is 54.6 Å². The van der Waals surface area contributed by atoms with Gasteiger partial charge < -0.3 is 9.64 Å². The Kier molecular flexibility index (Phi) is 5.24. The monoisotopic (exact) mass is 391 g/mol. The molecule has 1 atom stereocenters. The van der Waals surface area contributed by atoms with Crippen molar-refractivity contribution in [3.05, 3.63) is 60.2 Å². The Balaban J connectivity index is 1.40. The van der Waals surface area contributed by atoms with E-state index in [-0.39, 0.29) is 24.2 Å². The van der Waals surface area contributed by atoms with E-state index < -0.39 is 5.92 Å². The molecule has 0 spiro atoms. The number of nitrogens with zero attached hydrogens (tertiary/aromatic N) is 3. The van der Waals surface area contributed by atoms with Gasteiger partial charge in [0.15, 0.2) is 5.82 Å². The van der Waals surface area contributed by atoms with Gasteiger partial charge in [0.05, 0.1) is 18.6 Å². The number of aromatic amines is 1. The van der Waals surface area contributed by atoms with Crippen LogP contribution >= 0.6 is 0 Å². The summed E-state index contributed by atoms with van der Waals surface area (Å²) in [7, 11) is 1.58. The fourth-order valence-corrected chi connectivity index (χ4v) is 3.40. The molecule has 0 bridgehead atoms. The minimum atomic E-state index is -0.431. The number of amides is 2.